The summed E-state index contributed by atoms with van der Waals surface area (Å²) in [4.78, 5) is 20.0. The zero-order chi connectivity index (χ0) is 20.3. The number of hydrogen-bond donors (Lipinski definition) is 2. The molecule has 4 nitrogen and oxygen atoms in total. The average molecular weight is 407 g/mol. The maximum absolute atomic E-state index is 12.6. The highest BCUT2D eigenvalue weighted by molar-refractivity contribution is 8.00. The van der Waals surface area contributed by atoms with Crippen LogP contribution in [0.4, 0.5) is 13.2 Å². The molecule has 1 amide bonds. The largest absolute Gasteiger partial charge is 0.416 e. The van der Waals surface area contributed by atoms with Crippen molar-refractivity contribution in [3.63, 3.8) is 0 Å². The number of alkyl halides is 3. The van der Waals surface area contributed by atoms with Crippen molar-refractivity contribution in [2.24, 2.45) is 0 Å². The molecular formula is C20H20F3N3OS. The number of hydrogen-bond acceptors (Lipinski definition) is 3. The topological polar surface area (TPSA) is 57.8 Å². The van der Waals surface area contributed by atoms with E-state index in [9.17, 15) is 18.0 Å². The van der Waals surface area contributed by atoms with Gasteiger partial charge < -0.3 is 10.3 Å². The second-order valence-electron chi connectivity index (χ2n) is 6.50. The van der Waals surface area contributed by atoms with Crippen LogP contribution in [0.1, 0.15) is 42.1 Å². The molecule has 1 aromatic heterocycles. The fourth-order valence-corrected chi connectivity index (χ4v) is 3.53. The Balaban J connectivity index is 1.53. The Bertz CT molecular complexity index is 920. The molecule has 148 valence electrons. The van der Waals surface area contributed by atoms with E-state index < -0.39 is 11.7 Å². The Morgan fingerprint density at radius 1 is 1.14 bits per heavy atom. The summed E-state index contributed by atoms with van der Waals surface area (Å²) in [7, 11) is 0. The molecule has 2 aromatic carbocycles. The van der Waals surface area contributed by atoms with Gasteiger partial charge in [0.05, 0.1) is 33.6 Å². The number of halogens is 3. The third-order valence-corrected chi connectivity index (χ3v) is 5.52. The van der Waals surface area contributed by atoms with Crippen molar-refractivity contribution in [2.75, 3.05) is 5.75 Å². The van der Waals surface area contributed by atoms with Crippen molar-refractivity contribution in [2.45, 2.75) is 31.3 Å². The molecule has 8 heteroatoms. The van der Waals surface area contributed by atoms with Gasteiger partial charge in [0.25, 0.3) is 0 Å². The Labute approximate surface area is 164 Å². The van der Waals surface area contributed by atoms with Crippen LogP contribution in [-0.4, -0.2) is 21.6 Å². The fraction of sp³-hybridized carbons (Fsp3) is 0.300. The van der Waals surface area contributed by atoms with Crippen LogP contribution >= 0.6 is 11.8 Å². The lowest BCUT2D eigenvalue weighted by molar-refractivity contribution is -0.137. The van der Waals surface area contributed by atoms with Gasteiger partial charge in [0, 0.05) is 0 Å². The summed E-state index contributed by atoms with van der Waals surface area (Å²) < 4.78 is 37.9. The number of carbonyl (C=O) groups excluding carboxylic acids is 1. The van der Waals surface area contributed by atoms with Crippen molar-refractivity contribution in [1.82, 2.24) is 15.3 Å². The van der Waals surface area contributed by atoms with E-state index in [2.05, 4.69) is 15.3 Å². The summed E-state index contributed by atoms with van der Waals surface area (Å²) in [5.41, 5.74) is 1.75. The first kappa shape index (κ1) is 20.3. The van der Waals surface area contributed by atoms with Gasteiger partial charge in [-0.15, -0.1) is 11.8 Å². The van der Waals surface area contributed by atoms with Crippen LogP contribution in [0.25, 0.3) is 11.0 Å². The first-order chi connectivity index (χ1) is 13.2. The van der Waals surface area contributed by atoms with Crippen molar-refractivity contribution in [3.05, 3.63) is 65.5 Å². The molecule has 0 aliphatic rings. The van der Waals surface area contributed by atoms with E-state index in [1.807, 2.05) is 31.2 Å². The monoisotopic (exact) mass is 407 g/mol. The number of para-hydroxylation sites is 2. The third kappa shape index (κ3) is 4.86. The average Bonchev–Trinajstić information content (AvgIpc) is 3.10. The molecule has 0 spiro atoms. The second-order valence-corrected chi connectivity index (χ2v) is 7.83. The first-order valence-corrected chi connectivity index (χ1v) is 9.81. The standard InChI is InChI=1S/C20H20F3N3OS/c1-12(14-7-9-15(10-8-14)20(21,22)23)24-18(27)11-28-13(2)19-25-16-5-3-4-6-17(16)26-19/h3-10,12-13H,11H2,1-2H3,(H,24,27)(H,25,26). The van der Waals surface area contributed by atoms with E-state index in [1.54, 1.807) is 6.92 Å². The number of thioether (sulfide) groups is 1. The van der Waals surface area contributed by atoms with E-state index in [0.29, 0.717) is 5.56 Å². The van der Waals surface area contributed by atoms with E-state index >= 15 is 0 Å². The molecule has 0 bridgehead atoms. The number of carbonyl (C=O) groups is 1. The normalized spacial score (nSPS) is 14.0. The van der Waals surface area contributed by atoms with Crippen molar-refractivity contribution in [1.29, 1.82) is 0 Å². The smallest absolute Gasteiger partial charge is 0.349 e. The number of H-pyrrole nitrogens is 1. The quantitative estimate of drug-likeness (QED) is 0.587. The van der Waals surface area contributed by atoms with Crippen molar-refractivity contribution >= 4 is 28.7 Å². The predicted molar refractivity (Wildman–Crippen MR) is 105 cm³/mol. The van der Waals surface area contributed by atoms with Crippen LogP contribution in [0.15, 0.2) is 48.5 Å². The zero-order valence-electron chi connectivity index (χ0n) is 15.4. The van der Waals surface area contributed by atoms with Gasteiger partial charge in [0.1, 0.15) is 5.82 Å². The third-order valence-electron chi connectivity index (χ3n) is 4.37. The van der Waals surface area contributed by atoms with Crippen LogP contribution < -0.4 is 5.32 Å². The maximum Gasteiger partial charge on any atom is 0.416 e. The van der Waals surface area contributed by atoms with Gasteiger partial charge in [0.2, 0.25) is 5.91 Å². The lowest BCUT2D eigenvalue weighted by atomic mass is 10.1. The SMILES string of the molecule is CC(NC(=O)CSC(C)c1nc2ccccc2[nH]1)c1ccc(C(F)(F)F)cc1. The predicted octanol–water partition coefficient (Wildman–Crippen LogP) is 5.25. The Kier molecular flexibility index (Phi) is 5.98. The number of aromatic nitrogens is 2. The zero-order valence-corrected chi connectivity index (χ0v) is 16.2. The molecule has 1 heterocycles. The highest BCUT2D eigenvalue weighted by Gasteiger charge is 2.30. The van der Waals surface area contributed by atoms with Crippen molar-refractivity contribution in [3.8, 4) is 0 Å². The van der Waals surface area contributed by atoms with E-state index in [-0.39, 0.29) is 23.0 Å². The molecule has 2 unspecified atom stereocenters. The van der Waals surface area contributed by atoms with Gasteiger partial charge in [-0.25, -0.2) is 4.98 Å². The number of rotatable bonds is 6. The minimum atomic E-state index is -4.37. The molecule has 0 saturated heterocycles. The lowest BCUT2D eigenvalue weighted by Gasteiger charge is -2.16. The molecule has 2 atom stereocenters. The molecule has 0 aliphatic heterocycles. The maximum atomic E-state index is 12.6. The van der Waals surface area contributed by atoms with E-state index in [0.717, 1.165) is 29.0 Å². The number of amides is 1. The number of nitrogens with one attached hydrogen (secondary N) is 2. The minimum absolute atomic E-state index is 0.000440. The summed E-state index contributed by atoms with van der Waals surface area (Å²) in [5, 5.41) is 2.82. The molecule has 0 aliphatic carbocycles. The molecular weight excluding hydrogens is 387 g/mol. The molecule has 0 saturated carbocycles. The van der Waals surface area contributed by atoms with Crippen LogP contribution in [0.2, 0.25) is 0 Å². The molecule has 0 fully saturated rings. The number of aromatic amines is 1. The number of imidazole rings is 1. The second kappa shape index (κ2) is 8.26. The number of benzene rings is 2. The van der Waals surface area contributed by atoms with Gasteiger partial charge in [-0.3, -0.25) is 4.79 Å². The summed E-state index contributed by atoms with van der Waals surface area (Å²) in [5.74, 6) is 0.846. The molecule has 2 N–H and O–H groups in total. The first-order valence-electron chi connectivity index (χ1n) is 8.77. The number of fused-ring (bicyclic) bond motifs is 1. The van der Waals surface area contributed by atoms with Crippen LogP contribution in [-0.2, 0) is 11.0 Å². The lowest BCUT2D eigenvalue weighted by Crippen LogP contribution is -2.28. The Hall–Kier alpha value is -2.48. The molecule has 3 aromatic rings. The molecule has 28 heavy (non-hydrogen) atoms. The van der Waals surface area contributed by atoms with Crippen molar-refractivity contribution < 1.29 is 18.0 Å². The molecule has 3 rings (SSSR count). The Morgan fingerprint density at radius 2 is 1.82 bits per heavy atom. The molecule has 0 radical (unpaired) electrons. The summed E-state index contributed by atoms with van der Waals surface area (Å²) in [6.07, 6.45) is -4.37. The highest BCUT2D eigenvalue weighted by Crippen LogP contribution is 2.30. The van der Waals surface area contributed by atoms with E-state index in [1.165, 1.54) is 23.9 Å². The highest BCUT2D eigenvalue weighted by atomic mass is 32.2. The minimum Gasteiger partial charge on any atom is -0.349 e. The number of nitrogens with zero attached hydrogens (tertiary/aromatic N) is 1. The van der Waals surface area contributed by atoms with Gasteiger partial charge in [-0.05, 0) is 43.7 Å². The van der Waals surface area contributed by atoms with E-state index in [4.69, 9.17) is 0 Å². The summed E-state index contributed by atoms with van der Waals surface area (Å²) in [6.45, 7) is 3.71. The summed E-state index contributed by atoms with van der Waals surface area (Å²) >= 11 is 1.44. The van der Waals surface area contributed by atoms with Crippen LogP contribution in [0, 0.1) is 0 Å². The summed E-state index contributed by atoms with van der Waals surface area (Å²) in [6, 6.07) is 12.2. The Morgan fingerprint density at radius 3 is 2.46 bits per heavy atom. The van der Waals surface area contributed by atoms with Crippen LogP contribution in [0.5, 0.6) is 0 Å². The van der Waals surface area contributed by atoms with Gasteiger partial charge in [-0.2, -0.15) is 13.2 Å². The van der Waals surface area contributed by atoms with Gasteiger partial charge in [0.15, 0.2) is 0 Å². The van der Waals surface area contributed by atoms with Gasteiger partial charge in [-0.1, -0.05) is 24.3 Å². The van der Waals surface area contributed by atoms with Crippen LogP contribution in [0.3, 0.4) is 0 Å². The van der Waals surface area contributed by atoms with Gasteiger partial charge >= 0.3 is 6.18 Å². The fourth-order valence-electron chi connectivity index (χ4n) is 2.77.